The number of imidazole rings is 1. The molecule has 31 heavy (non-hydrogen) atoms. The minimum Gasteiger partial charge on any atom is -0.337 e. The van der Waals surface area contributed by atoms with Crippen LogP contribution in [-0.4, -0.2) is 27.0 Å². The average molecular weight is 471 g/mol. The quantitative estimate of drug-likeness (QED) is 0.295. The van der Waals surface area contributed by atoms with Gasteiger partial charge in [-0.15, -0.1) is 11.3 Å². The Morgan fingerprint density at radius 2 is 1.97 bits per heavy atom. The summed E-state index contributed by atoms with van der Waals surface area (Å²) in [7, 11) is 0. The lowest BCUT2D eigenvalue weighted by Crippen LogP contribution is -2.32. The minimum absolute atomic E-state index is 0.226. The number of thiazole rings is 1. The Morgan fingerprint density at radius 1 is 1.13 bits per heavy atom. The van der Waals surface area contributed by atoms with Gasteiger partial charge in [0.1, 0.15) is 16.2 Å². The molecule has 0 aliphatic carbocycles. The second kappa shape index (κ2) is 8.37. The van der Waals surface area contributed by atoms with Crippen molar-refractivity contribution in [1.29, 1.82) is 0 Å². The van der Waals surface area contributed by atoms with Crippen molar-refractivity contribution >= 4 is 65.6 Å². The van der Waals surface area contributed by atoms with Gasteiger partial charge in [-0.2, -0.15) is 0 Å². The van der Waals surface area contributed by atoms with Crippen LogP contribution in [0.3, 0.4) is 0 Å². The smallest absolute Gasteiger partial charge is 0.271 e. The number of amides is 1. The first kappa shape index (κ1) is 20.1. The second-order valence-corrected chi connectivity index (χ2v) is 9.37. The topological polar surface area (TPSA) is 51.0 Å². The molecule has 0 fully saturated rings. The molecule has 156 valence electrons. The summed E-state index contributed by atoms with van der Waals surface area (Å²) in [5, 5.41) is 1.76. The number of hydrogen-bond acceptors (Lipinski definition) is 5. The minimum atomic E-state index is -0.397. The highest BCUT2D eigenvalue weighted by atomic mass is 35.5. The van der Waals surface area contributed by atoms with E-state index in [0.29, 0.717) is 39.2 Å². The third-order valence-electron chi connectivity index (χ3n) is 4.92. The molecule has 3 aromatic heterocycles. The van der Waals surface area contributed by atoms with E-state index in [2.05, 4.69) is 9.97 Å². The number of carbonyl (C=O) groups excluding carboxylic acids is 1. The molecule has 0 radical (unpaired) electrons. The highest BCUT2D eigenvalue weighted by Gasteiger charge is 2.26. The summed E-state index contributed by atoms with van der Waals surface area (Å²) in [4.78, 5) is 24.2. The monoisotopic (exact) mass is 470 g/mol. The number of halogens is 2. The normalized spacial score (nSPS) is 11.4. The first-order valence-electron chi connectivity index (χ1n) is 9.61. The van der Waals surface area contributed by atoms with Gasteiger partial charge in [-0.1, -0.05) is 47.2 Å². The molecule has 2 aromatic carbocycles. The van der Waals surface area contributed by atoms with Crippen LogP contribution in [0.4, 0.5) is 9.52 Å². The molecule has 5 aromatic rings. The van der Waals surface area contributed by atoms with E-state index in [-0.39, 0.29) is 11.4 Å². The Balaban J connectivity index is 1.52. The lowest BCUT2D eigenvalue weighted by atomic mass is 10.2. The fraction of sp³-hybridized carbons (Fsp3) is 0.136. The average Bonchev–Trinajstić information content (AvgIpc) is 3.51. The summed E-state index contributed by atoms with van der Waals surface area (Å²) in [6.45, 7) is 1.12. The van der Waals surface area contributed by atoms with Crippen LogP contribution in [0.1, 0.15) is 16.1 Å². The van der Waals surface area contributed by atoms with Gasteiger partial charge in [0.25, 0.3) is 5.91 Å². The van der Waals surface area contributed by atoms with Crippen molar-refractivity contribution in [3.05, 3.63) is 76.9 Å². The highest BCUT2D eigenvalue weighted by molar-refractivity contribution is 7.23. The van der Waals surface area contributed by atoms with Crippen molar-refractivity contribution in [2.45, 2.75) is 13.0 Å². The van der Waals surface area contributed by atoms with E-state index in [1.54, 1.807) is 29.6 Å². The largest absolute Gasteiger partial charge is 0.337 e. The zero-order chi connectivity index (χ0) is 21.4. The summed E-state index contributed by atoms with van der Waals surface area (Å²) in [6.07, 6.45) is 6.02. The van der Waals surface area contributed by atoms with E-state index in [4.69, 9.17) is 11.6 Å². The number of rotatable bonds is 6. The molecule has 1 amide bonds. The summed E-state index contributed by atoms with van der Waals surface area (Å²) < 4.78 is 17.8. The van der Waals surface area contributed by atoms with Crippen LogP contribution in [0.15, 0.2) is 61.2 Å². The number of benzene rings is 2. The van der Waals surface area contributed by atoms with E-state index in [1.807, 2.05) is 35.0 Å². The molecule has 0 bridgehead atoms. The summed E-state index contributed by atoms with van der Waals surface area (Å²) >= 11 is 9.24. The van der Waals surface area contributed by atoms with E-state index in [9.17, 15) is 9.18 Å². The molecule has 0 unspecified atom stereocenters. The van der Waals surface area contributed by atoms with Crippen molar-refractivity contribution in [3.8, 4) is 0 Å². The number of fused-ring (bicyclic) bond motifs is 2. The Kier molecular flexibility index (Phi) is 5.43. The Hall–Kier alpha value is -2.81. The fourth-order valence-corrected chi connectivity index (χ4v) is 5.87. The van der Waals surface area contributed by atoms with Gasteiger partial charge in [0.15, 0.2) is 5.13 Å². The number of nitrogens with zero attached hydrogens (tertiary/aromatic N) is 4. The van der Waals surface area contributed by atoms with Gasteiger partial charge in [-0.25, -0.2) is 14.4 Å². The van der Waals surface area contributed by atoms with Crippen LogP contribution in [0.2, 0.25) is 5.02 Å². The first-order chi connectivity index (χ1) is 15.1. The maximum atomic E-state index is 14.2. The highest BCUT2D eigenvalue weighted by Crippen LogP contribution is 2.38. The summed E-state index contributed by atoms with van der Waals surface area (Å²) in [5.74, 6) is -0.623. The van der Waals surface area contributed by atoms with E-state index >= 15 is 0 Å². The predicted octanol–water partition coefficient (Wildman–Crippen LogP) is 6.24. The van der Waals surface area contributed by atoms with Gasteiger partial charge in [-0.3, -0.25) is 9.69 Å². The van der Waals surface area contributed by atoms with Crippen LogP contribution in [0.5, 0.6) is 0 Å². The van der Waals surface area contributed by atoms with Gasteiger partial charge < -0.3 is 4.57 Å². The van der Waals surface area contributed by atoms with Crippen molar-refractivity contribution in [2.24, 2.45) is 0 Å². The van der Waals surface area contributed by atoms with Crippen molar-refractivity contribution in [2.75, 3.05) is 11.4 Å². The van der Waals surface area contributed by atoms with Crippen LogP contribution < -0.4 is 4.90 Å². The summed E-state index contributed by atoms with van der Waals surface area (Å²) in [5.41, 5.74) is 0.275. The predicted molar refractivity (Wildman–Crippen MR) is 125 cm³/mol. The zero-order valence-corrected chi connectivity index (χ0v) is 18.6. The van der Waals surface area contributed by atoms with Crippen molar-refractivity contribution < 1.29 is 9.18 Å². The Morgan fingerprint density at radius 3 is 2.74 bits per heavy atom. The lowest BCUT2D eigenvalue weighted by Gasteiger charge is -2.19. The van der Waals surface area contributed by atoms with Crippen LogP contribution in [0, 0.1) is 5.82 Å². The van der Waals surface area contributed by atoms with E-state index in [0.717, 1.165) is 10.1 Å². The summed E-state index contributed by atoms with van der Waals surface area (Å²) in [6, 6.07) is 12.5. The maximum absolute atomic E-state index is 14.2. The van der Waals surface area contributed by atoms with Gasteiger partial charge in [0.05, 0.1) is 16.0 Å². The molecule has 5 nitrogen and oxygen atoms in total. The number of carbonyl (C=O) groups is 1. The SMILES string of the molecule is O=C(c1sc2ccccc2c1Cl)N(CCCn1ccnc1)c1nc2c(F)cccc2s1. The Bertz CT molecular complexity index is 1380. The number of para-hydroxylation sites is 1. The molecule has 0 aliphatic heterocycles. The van der Waals surface area contributed by atoms with Gasteiger partial charge in [0.2, 0.25) is 0 Å². The van der Waals surface area contributed by atoms with Crippen LogP contribution in [-0.2, 0) is 6.54 Å². The fourth-order valence-electron chi connectivity index (χ4n) is 3.41. The standard InChI is InChI=1S/C22H16ClFN4OS2/c23-18-14-5-1-2-7-16(14)30-20(18)21(29)28(11-4-10-27-12-9-25-13-27)22-26-19-15(24)6-3-8-17(19)31-22/h1-3,5-9,12-13H,4,10-11H2. The molecule has 0 saturated heterocycles. The third-order valence-corrected chi connectivity index (χ3v) is 7.63. The number of hydrogen-bond donors (Lipinski definition) is 0. The molecule has 9 heteroatoms. The van der Waals surface area contributed by atoms with Crippen molar-refractivity contribution in [3.63, 3.8) is 0 Å². The van der Waals surface area contributed by atoms with Crippen molar-refractivity contribution in [1.82, 2.24) is 14.5 Å². The molecule has 0 N–H and O–H groups in total. The molecular formula is C22H16ClFN4OS2. The molecule has 3 heterocycles. The molecule has 0 saturated carbocycles. The zero-order valence-electron chi connectivity index (χ0n) is 16.2. The molecule has 0 spiro atoms. The van der Waals surface area contributed by atoms with Gasteiger partial charge in [-0.05, 0) is 24.6 Å². The number of aryl methyl sites for hydroxylation is 1. The van der Waals surface area contributed by atoms with Crippen LogP contribution in [0.25, 0.3) is 20.3 Å². The molecule has 0 atom stereocenters. The third kappa shape index (κ3) is 3.82. The number of aromatic nitrogens is 3. The maximum Gasteiger partial charge on any atom is 0.271 e. The number of thiophene rings is 1. The second-order valence-electron chi connectivity index (χ2n) is 6.94. The van der Waals surface area contributed by atoms with Crippen LogP contribution >= 0.6 is 34.3 Å². The number of anilines is 1. The van der Waals surface area contributed by atoms with E-state index < -0.39 is 5.82 Å². The first-order valence-corrected chi connectivity index (χ1v) is 11.6. The Labute approximate surface area is 190 Å². The molecule has 5 rings (SSSR count). The van der Waals surface area contributed by atoms with E-state index in [1.165, 1.54) is 28.7 Å². The lowest BCUT2D eigenvalue weighted by molar-refractivity contribution is 0.0990. The van der Waals surface area contributed by atoms with Gasteiger partial charge in [0, 0.05) is 35.6 Å². The molecule has 0 aliphatic rings. The molecular weight excluding hydrogens is 455 g/mol. The van der Waals surface area contributed by atoms with Gasteiger partial charge >= 0.3 is 0 Å².